The zero-order chi connectivity index (χ0) is 11.2. The Balaban J connectivity index is 1.48. The van der Waals surface area contributed by atoms with Gasteiger partial charge in [-0.05, 0) is 31.7 Å². The first-order chi connectivity index (χ1) is 7.88. The van der Waals surface area contributed by atoms with E-state index in [0.717, 1.165) is 19.0 Å². The summed E-state index contributed by atoms with van der Waals surface area (Å²) in [5, 5.41) is 3.60. The van der Waals surface area contributed by atoms with Crippen molar-refractivity contribution in [2.75, 3.05) is 39.8 Å². The van der Waals surface area contributed by atoms with Gasteiger partial charge < -0.3 is 10.1 Å². The van der Waals surface area contributed by atoms with Crippen LogP contribution in [-0.4, -0.2) is 50.8 Å². The molecule has 1 heterocycles. The summed E-state index contributed by atoms with van der Waals surface area (Å²) in [6.07, 6.45) is 7.49. The number of methoxy groups -OCH3 is 1. The lowest BCUT2D eigenvalue weighted by atomic mass is 10.1. The summed E-state index contributed by atoms with van der Waals surface area (Å²) in [6, 6.07) is 0. The monoisotopic (exact) mass is 226 g/mol. The molecule has 3 nitrogen and oxygen atoms in total. The molecule has 16 heavy (non-hydrogen) atoms. The molecule has 1 aliphatic carbocycles. The SMILES string of the molecule is COC1CCN(CCNCC2CCCC2)C1. The molecule has 2 aliphatic rings. The normalized spacial score (nSPS) is 27.9. The van der Waals surface area contributed by atoms with E-state index in [1.54, 1.807) is 0 Å². The van der Waals surface area contributed by atoms with Crippen molar-refractivity contribution in [2.45, 2.75) is 38.2 Å². The van der Waals surface area contributed by atoms with E-state index >= 15 is 0 Å². The summed E-state index contributed by atoms with van der Waals surface area (Å²) >= 11 is 0. The molecular weight excluding hydrogens is 200 g/mol. The van der Waals surface area contributed by atoms with Gasteiger partial charge in [0.05, 0.1) is 6.10 Å². The summed E-state index contributed by atoms with van der Waals surface area (Å²) < 4.78 is 5.37. The number of nitrogens with zero attached hydrogens (tertiary/aromatic N) is 1. The van der Waals surface area contributed by atoms with Crippen molar-refractivity contribution < 1.29 is 4.74 Å². The highest BCUT2D eigenvalue weighted by atomic mass is 16.5. The largest absolute Gasteiger partial charge is 0.380 e. The van der Waals surface area contributed by atoms with Crippen LogP contribution < -0.4 is 5.32 Å². The lowest BCUT2D eigenvalue weighted by Crippen LogP contribution is -2.33. The van der Waals surface area contributed by atoms with Crippen LogP contribution in [0.2, 0.25) is 0 Å². The zero-order valence-electron chi connectivity index (χ0n) is 10.6. The van der Waals surface area contributed by atoms with Crippen LogP contribution in [0.1, 0.15) is 32.1 Å². The van der Waals surface area contributed by atoms with Crippen molar-refractivity contribution in [3.63, 3.8) is 0 Å². The van der Waals surface area contributed by atoms with E-state index in [4.69, 9.17) is 4.74 Å². The predicted octanol–water partition coefficient (Wildman–Crippen LogP) is 1.49. The molecule has 0 spiro atoms. The molecule has 0 bridgehead atoms. The molecule has 0 radical (unpaired) electrons. The first-order valence-electron chi connectivity index (χ1n) is 6.84. The number of likely N-dealkylation sites (tertiary alicyclic amines) is 1. The van der Waals surface area contributed by atoms with Gasteiger partial charge in [0.25, 0.3) is 0 Å². The van der Waals surface area contributed by atoms with E-state index in [-0.39, 0.29) is 0 Å². The minimum atomic E-state index is 0.481. The molecule has 0 amide bonds. The molecule has 94 valence electrons. The van der Waals surface area contributed by atoms with E-state index in [1.807, 2.05) is 7.11 Å². The lowest BCUT2D eigenvalue weighted by molar-refractivity contribution is 0.108. The molecule has 3 heteroatoms. The quantitative estimate of drug-likeness (QED) is 0.694. The van der Waals surface area contributed by atoms with Crippen LogP contribution in [0.3, 0.4) is 0 Å². The Kier molecular flexibility index (Phi) is 5.07. The van der Waals surface area contributed by atoms with Crippen LogP contribution in [0.15, 0.2) is 0 Å². The fraction of sp³-hybridized carbons (Fsp3) is 1.00. The van der Waals surface area contributed by atoms with Gasteiger partial charge in [0, 0.05) is 33.3 Å². The molecule has 1 saturated carbocycles. The standard InChI is InChI=1S/C13H26N2O/c1-16-13-6-8-15(11-13)9-7-14-10-12-4-2-3-5-12/h12-14H,2-11H2,1H3. The molecule has 1 saturated heterocycles. The summed E-state index contributed by atoms with van der Waals surface area (Å²) in [7, 11) is 1.83. The van der Waals surface area contributed by atoms with Gasteiger partial charge in [0.1, 0.15) is 0 Å². The van der Waals surface area contributed by atoms with Gasteiger partial charge in [-0.25, -0.2) is 0 Å². The summed E-state index contributed by atoms with van der Waals surface area (Å²) in [5.41, 5.74) is 0. The number of hydrogen-bond acceptors (Lipinski definition) is 3. The second kappa shape index (κ2) is 6.58. The topological polar surface area (TPSA) is 24.5 Å². The Morgan fingerprint density at radius 3 is 2.75 bits per heavy atom. The summed E-state index contributed by atoms with van der Waals surface area (Å²) in [5.74, 6) is 0.963. The van der Waals surface area contributed by atoms with Gasteiger partial charge in [-0.15, -0.1) is 0 Å². The Morgan fingerprint density at radius 2 is 2.06 bits per heavy atom. The van der Waals surface area contributed by atoms with Crippen LogP contribution in [-0.2, 0) is 4.74 Å². The Labute approximate surface area is 99.5 Å². The second-order valence-corrected chi connectivity index (χ2v) is 5.30. The van der Waals surface area contributed by atoms with Crippen LogP contribution in [0.4, 0.5) is 0 Å². The van der Waals surface area contributed by atoms with E-state index in [0.29, 0.717) is 6.10 Å². The highest BCUT2D eigenvalue weighted by molar-refractivity contribution is 4.76. The summed E-state index contributed by atoms with van der Waals surface area (Å²) in [4.78, 5) is 2.51. The zero-order valence-corrected chi connectivity index (χ0v) is 10.6. The minimum absolute atomic E-state index is 0.481. The molecule has 1 unspecified atom stereocenters. The van der Waals surface area contributed by atoms with Gasteiger partial charge in [-0.1, -0.05) is 12.8 Å². The van der Waals surface area contributed by atoms with Crippen LogP contribution >= 0.6 is 0 Å². The smallest absolute Gasteiger partial charge is 0.0710 e. The van der Waals surface area contributed by atoms with Crippen LogP contribution in [0.25, 0.3) is 0 Å². The predicted molar refractivity (Wildman–Crippen MR) is 66.7 cm³/mol. The van der Waals surface area contributed by atoms with Gasteiger partial charge in [0.15, 0.2) is 0 Å². The maximum atomic E-state index is 5.37. The maximum absolute atomic E-state index is 5.37. The molecule has 1 N–H and O–H groups in total. The van der Waals surface area contributed by atoms with E-state index in [1.165, 1.54) is 51.7 Å². The molecule has 2 fully saturated rings. The Hall–Kier alpha value is -0.120. The van der Waals surface area contributed by atoms with Gasteiger partial charge >= 0.3 is 0 Å². The van der Waals surface area contributed by atoms with Crippen LogP contribution in [0, 0.1) is 5.92 Å². The fourth-order valence-corrected chi connectivity index (χ4v) is 2.95. The highest BCUT2D eigenvalue weighted by Crippen LogP contribution is 2.23. The first kappa shape index (κ1) is 12.3. The molecule has 0 aromatic heterocycles. The molecule has 0 aromatic rings. The average molecular weight is 226 g/mol. The van der Waals surface area contributed by atoms with Crippen molar-refractivity contribution in [1.82, 2.24) is 10.2 Å². The summed E-state index contributed by atoms with van der Waals surface area (Å²) in [6.45, 7) is 5.91. The first-order valence-corrected chi connectivity index (χ1v) is 6.84. The van der Waals surface area contributed by atoms with Crippen molar-refractivity contribution in [1.29, 1.82) is 0 Å². The van der Waals surface area contributed by atoms with Crippen molar-refractivity contribution in [3.05, 3.63) is 0 Å². The van der Waals surface area contributed by atoms with Crippen molar-refractivity contribution in [2.24, 2.45) is 5.92 Å². The van der Waals surface area contributed by atoms with Crippen LogP contribution in [0.5, 0.6) is 0 Å². The number of nitrogens with one attached hydrogen (secondary N) is 1. The third-order valence-corrected chi connectivity index (χ3v) is 4.08. The highest BCUT2D eigenvalue weighted by Gasteiger charge is 2.21. The number of ether oxygens (including phenoxy) is 1. The molecule has 2 rings (SSSR count). The molecule has 0 aromatic carbocycles. The minimum Gasteiger partial charge on any atom is -0.380 e. The third kappa shape index (κ3) is 3.72. The lowest BCUT2D eigenvalue weighted by Gasteiger charge is -2.17. The Bertz CT molecular complexity index is 192. The number of hydrogen-bond donors (Lipinski definition) is 1. The maximum Gasteiger partial charge on any atom is 0.0710 e. The fourth-order valence-electron chi connectivity index (χ4n) is 2.95. The molecule has 1 aliphatic heterocycles. The molecule has 1 atom stereocenters. The second-order valence-electron chi connectivity index (χ2n) is 5.30. The molecular formula is C13H26N2O. The van der Waals surface area contributed by atoms with Crippen molar-refractivity contribution in [3.8, 4) is 0 Å². The number of rotatable bonds is 6. The van der Waals surface area contributed by atoms with Crippen molar-refractivity contribution >= 4 is 0 Å². The van der Waals surface area contributed by atoms with Gasteiger partial charge in [-0.3, -0.25) is 4.90 Å². The van der Waals surface area contributed by atoms with Gasteiger partial charge in [-0.2, -0.15) is 0 Å². The Morgan fingerprint density at radius 1 is 1.25 bits per heavy atom. The van der Waals surface area contributed by atoms with E-state index < -0.39 is 0 Å². The van der Waals surface area contributed by atoms with E-state index in [2.05, 4.69) is 10.2 Å². The average Bonchev–Trinajstić information content (AvgIpc) is 2.95. The third-order valence-electron chi connectivity index (χ3n) is 4.08. The van der Waals surface area contributed by atoms with E-state index in [9.17, 15) is 0 Å². The van der Waals surface area contributed by atoms with Gasteiger partial charge in [0.2, 0.25) is 0 Å².